The van der Waals surface area contributed by atoms with Crippen LogP contribution in [0.3, 0.4) is 0 Å². The van der Waals surface area contributed by atoms with Crippen LogP contribution in [0.25, 0.3) is 0 Å². The van der Waals surface area contributed by atoms with Crippen molar-refractivity contribution in [1.29, 1.82) is 0 Å². The van der Waals surface area contributed by atoms with Gasteiger partial charge in [-0.15, -0.1) is 0 Å². The number of carbonyl (C=O) groups excluding carboxylic acids is 2. The molecule has 0 saturated carbocycles. The van der Waals surface area contributed by atoms with Crippen molar-refractivity contribution in [3.05, 3.63) is 53.5 Å². The van der Waals surface area contributed by atoms with Crippen molar-refractivity contribution in [2.75, 3.05) is 6.54 Å². The molecule has 0 radical (unpaired) electrons. The van der Waals surface area contributed by atoms with Crippen LogP contribution in [0.1, 0.15) is 34.8 Å². The highest BCUT2D eigenvalue weighted by atomic mass is 32.2. The number of fused-ring (bicyclic) bond motifs is 1. The molecule has 1 atom stereocenters. The van der Waals surface area contributed by atoms with Gasteiger partial charge in [0, 0.05) is 0 Å². The first-order valence-electron chi connectivity index (χ1n) is 7.32. The number of carbonyl (C=O) groups is 2. The van der Waals surface area contributed by atoms with Crippen LogP contribution in [-0.2, 0) is 14.8 Å². The fraction of sp³-hybridized carbons (Fsp3) is 0.250. The smallest absolute Gasteiger partial charge is 0.269 e. The molecule has 0 saturated heterocycles. The molecule has 0 unspecified atom stereocenters. The van der Waals surface area contributed by atoms with Crippen LogP contribution < -0.4 is 5.32 Å². The van der Waals surface area contributed by atoms with Gasteiger partial charge >= 0.3 is 0 Å². The van der Waals surface area contributed by atoms with Crippen molar-refractivity contribution in [3.8, 4) is 0 Å². The minimum absolute atomic E-state index is 0.0718. The standard InChI is InChI=1S/C16H16N2O5S/c1-10-7-8-13(23-10)11(2)17-15(19)9-18-16(20)12-5-3-4-6-14(12)24(18,21)22/h3-8,11H,9H2,1-2H3,(H,17,19)/t11-/m1/s1. The third kappa shape index (κ3) is 2.69. The maximum absolute atomic E-state index is 12.4. The van der Waals surface area contributed by atoms with Gasteiger partial charge in [0.1, 0.15) is 23.0 Å². The van der Waals surface area contributed by atoms with E-state index in [2.05, 4.69) is 5.32 Å². The minimum Gasteiger partial charge on any atom is -0.464 e. The molecule has 0 aliphatic carbocycles. The fourth-order valence-corrected chi connectivity index (χ4v) is 4.09. The van der Waals surface area contributed by atoms with Crippen molar-refractivity contribution in [3.63, 3.8) is 0 Å². The second-order valence-electron chi connectivity index (χ2n) is 5.55. The summed E-state index contributed by atoms with van der Waals surface area (Å²) in [5.74, 6) is -0.0119. The number of rotatable bonds is 4. The van der Waals surface area contributed by atoms with Crippen LogP contribution in [0.4, 0.5) is 0 Å². The first-order valence-corrected chi connectivity index (χ1v) is 8.76. The van der Waals surface area contributed by atoms with Crippen molar-refractivity contribution in [1.82, 2.24) is 9.62 Å². The summed E-state index contributed by atoms with van der Waals surface area (Å²) in [7, 11) is -3.99. The lowest BCUT2D eigenvalue weighted by Gasteiger charge is -2.17. The molecule has 2 amide bonds. The summed E-state index contributed by atoms with van der Waals surface area (Å²) in [6, 6.07) is 8.97. The van der Waals surface area contributed by atoms with Gasteiger partial charge < -0.3 is 9.73 Å². The summed E-state index contributed by atoms with van der Waals surface area (Å²) in [4.78, 5) is 24.3. The van der Waals surface area contributed by atoms with Crippen molar-refractivity contribution >= 4 is 21.8 Å². The molecule has 0 spiro atoms. The lowest BCUT2D eigenvalue weighted by atomic mass is 10.2. The van der Waals surface area contributed by atoms with E-state index in [1.54, 1.807) is 32.0 Å². The highest BCUT2D eigenvalue weighted by molar-refractivity contribution is 7.90. The molecule has 8 heteroatoms. The maximum atomic E-state index is 12.4. The molecule has 1 aromatic carbocycles. The molecular formula is C16H16N2O5S. The zero-order valence-electron chi connectivity index (χ0n) is 13.1. The average molecular weight is 348 g/mol. The molecule has 1 aliphatic heterocycles. The lowest BCUT2D eigenvalue weighted by Crippen LogP contribution is -2.41. The number of furan rings is 1. The second kappa shape index (κ2) is 5.79. The van der Waals surface area contributed by atoms with Crippen molar-refractivity contribution < 1.29 is 22.4 Å². The van der Waals surface area contributed by atoms with E-state index in [1.165, 1.54) is 18.2 Å². The SMILES string of the molecule is Cc1ccc([C@@H](C)NC(=O)CN2C(=O)c3ccccc3S2(=O)=O)o1. The predicted molar refractivity (Wildman–Crippen MR) is 84.7 cm³/mol. The molecule has 0 bridgehead atoms. The Labute approximate surface area is 139 Å². The number of sulfonamides is 1. The number of nitrogens with one attached hydrogen (secondary N) is 1. The third-order valence-corrected chi connectivity index (χ3v) is 5.55. The zero-order chi connectivity index (χ0) is 17.5. The van der Waals surface area contributed by atoms with Gasteiger partial charge in [-0.05, 0) is 38.1 Å². The van der Waals surface area contributed by atoms with Gasteiger partial charge in [0.05, 0.1) is 11.6 Å². The van der Waals surface area contributed by atoms with E-state index in [-0.39, 0.29) is 10.5 Å². The third-order valence-electron chi connectivity index (χ3n) is 3.76. The highest BCUT2D eigenvalue weighted by Gasteiger charge is 2.41. The molecule has 3 rings (SSSR count). The normalized spacial score (nSPS) is 16.8. The average Bonchev–Trinajstić information content (AvgIpc) is 3.04. The van der Waals surface area contributed by atoms with Crippen LogP contribution in [0.15, 0.2) is 45.7 Å². The Bertz CT molecular complexity index is 916. The first kappa shape index (κ1) is 16.3. The van der Waals surface area contributed by atoms with Crippen LogP contribution in [-0.4, -0.2) is 31.1 Å². The van der Waals surface area contributed by atoms with Gasteiger partial charge in [-0.1, -0.05) is 12.1 Å². The maximum Gasteiger partial charge on any atom is 0.269 e. The predicted octanol–water partition coefficient (Wildman–Crippen LogP) is 1.61. The van der Waals surface area contributed by atoms with Crippen LogP contribution in [0, 0.1) is 6.92 Å². The zero-order valence-corrected chi connectivity index (χ0v) is 14.0. The van der Waals surface area contributed by atoms with Crippen LogP contribution in [0.2, 0.25) is 0 Å². The summed E-state index contributed by atoms with van der Waals surface area (Å²) in [6.07, 6.45) is 0. The molecular weight excluding hydrogens is 332 g/mol. The molecule has 24 heavy (non-hydrogen) atoms. The number of aryl methyl sites for hydroxylation is 1. The van der Waals surface area contributed by atoms with Gasteiger partial charge in [0.25, 0.3) is 15.9 Å². The molecule has 0 fully saturated rings. The Morgan fingerprint density at radius 2 is 1.96 bits per heavy atom. The van der Waals surface area contributed by atoms with E-state index >= 15 is 0 Å². The summed E-state index contributed by atoms with van der Waals surface area (Å²) in [6.45, 7) is 2.93. The first-order chi connectivity index (χ1) is 11.3. The second-order valence-corrected chi connectivity index (χ2v) is 7.38. The van der Waals surface area contributed by atoms with E-state index in [1.807, 2.05) is 0 Å². The fourth-order valence-electron chi connectivity index (χ4n) is 2.56. The summed E-state index contributed by atoms with van der Waals surface area (Å²) in [5, 5.41) is 2.63. The molecule has 7 nitrogen and oxygen atoms in total. The Kier molecular flexibility index (Phi) is 3.92. The van der Waals surface area contributed by atoms with Crippen molar-refractivity contribution in [2.24, 2.45) is 0 Å². The minimum atomic E-state index is -3.99. The Balaban J connectivity index is 1.75. The van der Waals surface area contributed by atoms with E-state index in [4.69, 9.17) is 4.42 Å². The van der Waals surface area contributed by atoms with Crippen molar-refractivity contribution in [2.45, 2.75) is 24.8 Å². The Hall–Kier alpha value is -2.61. The molecule has 1 N–H and O–H groups in total. The van der Waals surface area contributed by atoms with Gasteiger partial charge in [-0.25, -0.2) is 12.7 Å². The van der Waals surface area contributed by atoms with Gasteiger partial charge in [-0.3, -0.25) is 9.59 Å². The molecule has 1 aliphatic rings. The monoisotopic (exact) mass is 348 g/mol. The van der Waals surface area contributed by atoms with Gasteiger partial charge in [0.2, 0.25) is 5.91 Å². The van der Waals surface area contributed by atoms with Gasteiger partial charge in [-0.2, -0.15) is 0 Å². The summed E-state index contributed by atoms with van der Waals surface area (Å²) in [5.41, 5.74) is 0.0833. The molecule has 126 valence electrons. The van der Waals surface area contributed by atoms with E-state index in [0.29, 0.717) is 15.8 Å². The Morgan fingerprint density at radius 1 is 1.25 bits per heavy atom. The quantitative estimate of drug-likeness (QED) is 0.905. The van der Waals surface area contributed by atoms with E-state index in [0.717, 1.165) is 0 Å². The molecule has 1 aromatic heterocycles. The van der Waals surface area contributed by atoms with E-state index in [9.17, 15) is 18.0 Å². The highest BCUT2D eigenvalue weighted by Crippen LogP contribution is 2.29. The summed E-state index contributed by atoms with van der Waals surface area (Å²) < 4.78 is 30.8. The lowest BCUT2D eigenvalue weighted by molar-refractivity contribution is -0.121. The van der Waals surface area contributed by atoms with Crippen LogP contribution >= 0.6 is 0 Å². The number of hydrogen-bond donors (Lipinski definition) is 1. The number of hydrogen-bond acceptors (Lipinski definition) is 5. The van der Waals surface area contributed by atoms with Crippen LogP contribution in [0.5, 0.6) is 0 Å². The van der Waals surface area contributed by atoms with Gasteiger partial charge in [0.15, 0.2) is 0 Å². The Morgan fingerprint density at radius 3 is 2.58 bits per heavy atom. The van der Waals surface area contributed by atoms with E-state index < -0.39 is 34.4 Å². The topological polar surface area (TPSA) is 96.7 Å². The number of amides is 2. The largest absolute Gasteiger partial charge is 0.464 e. The number of nitrogens with zero attached hydrogens (tertiary/aromatic N) is 1. The molecule has 2 heterocycles. The summed E-state index contributed by atoms with van der Waals surface area (Å²) >= 11 is 0. The molecule has 2 aromatic rings. The number of benzene rings is 1.